The van der Waals surface area contributed by atoms with E-state index in [-0.39, 0.29) is 36.4 Å². The summed E-state index contributed by atoms with van der Waals surface area (Å²) in [5.41, 5.74) is 0.235. The number of hydrogen-bond donors (Lipinski definition) is 2. The van der Waals surface area contributed by atoms with E-state index in [1.165, 1.54) is 49.5 Å². The molecule has 1 aromatic heterocycles. The van der Waals surface area contributed by atoms with Crippen LogP contribution in [0.4, 0.5) is 22.0 Å². The zero-order valence-corrected chi connectivity index (χ0v) is 25.3. The van der Waals surface area contributed by atoms with Crippen LogP contribution >= 0.6 is 0 Å². The molecule has 1 fully saturated rings. The molecule has 1 saturated heterocycles. The first-order valence-corrected chi connectivity index (χ1v) is 16.5. The molecule has 2 aromatic carbocycles. The summed E-state index contributed by atoms with van der Waals surface area (Å²) in [6.07, 6.45) is -3.22. The zero-order valence-electron chi connectivity index (χ0n) is 23.7. The van der Waals surface area contributed by atoms with Gasteiger partial charge in [0, 0.05) is 43.5 Å². The molecule has 2 N–H and O–H groups in total. The molecule has 0 unspecified atom stereocenters. The Bertz CT molecular complexity index is 1690. The number of piperidine rings is 1. The van der Waals surface area contributed by atoms with Gasteiger partial charge >= 0.3 is 6.36 Å². The van der Waals surface area contributed by atoms with Gasteiger partial charge in [-0.3, -0.25) is 9.78 Å². The van der Waals surface area contributed by atoms with E-state index in [0.717, 1.165) is 34.8 Å². The van der Waals surface area contributed by atoms with Crippen LogP contribution in [0.25, 0.3) is 0 Å². The van der Waals surface area contributed by atoms with Crippen molar-refractivity contribution in [2.24, 2.45) is 0 Å². The Morgan fingerprint density at radius 1 is 0.978 bits per heavy atom. The number of pyridine rings is 1. The van der Waals surface area contributed by atoms with Gasteiger partial charge in [-0.05, 0) is 54.8 Å². The third-order valence-electron chi connectivity index (χ3n) is 7.07. The fraction of sp³-hybridized carbons (Fsp3) is 0.357. The summed E-state index contributed by atoms with van der Waals surface area (Å²) in [6, 6.07) is 9.06. The maximum atomic E-state index is 14.0. The van der Waals surface area contributed by atoms with Crippen LogP contribution in [-0.4, -0.2) is 57.0 Å². The van der Waals surface area contributed by atoms with Crippen LogP contribution in [-0.2, 0) is 37.3 Å². The molecular weight excluding hydrogens is 647 g/mol. The number of rotatable bonds is 11. The number of nitrogens with one attached hydrogen (secondary N) is 2. The monoisotopic (exact) mass is 676 g/mol. The molecule has 10 nitrogen and oxygen atoms in total. The first-order chi connectivity index (χ1) is 21.0. The van der Waals surface area contributed by atoms with Gasteiger partial charge in [-0.15, -0.1) is 13.2 Å². The highest BCUT2D eigenvalue weighted by Crippen LogP contribution is 2.32. The lowest BCUT2D eigenvalue weighted by molar-refractivity contribution is -0.274. The highest BCUT2D eigenvalue weighted by Gasteiger charge is 2.42. The number of carbonyl (C=O) groups is 1. The van der Waals surface area contributed by atoms with Crippen LogP contribution in [0, 0.1) is 0 Å². The fourth-order valence-electron chi connectivity index (χ4n) is 4.70. The molecule has 45 heavy (non-hydrogen) atoms. The number of nitrogens with zero attached hydrogens (tertiary/aromatic N) is 2. The van der Waals surface area contributed by atoms with Crippen molar-refractivity contribution in [3.05, 3.63) is 84.2 Å². The molecule has 3 aromatic rings. The van der Waals surface area contributed by atoms with E-state index in [2.05, 4.69) is 19.8 Å². The summed E-state index contributed by atoms with van der Waals surface area (Å²) in [7, 11) is -8.57. The highest BCUT2D eigenvalue weighted by molar-refractivity contribution is 7.89. The van der Waals surface area contributed by atoms with Crippen molar-refractivity contribution in [2.45, 2.75) is 66.9 Å². The normalized spacial score (nSPS) is 18.4. The third kappa shape index (κ3) is 8.53. The molecule has 4 rings (SSSR count). The average molecular weight is 677 g/mol. The molecule has 1 aliphatic rings. The summed E-state index contributed by atoms with van der Waals surface area (Å²) >= 11 is 0. The predicted octanol–water partition coefficient (Wildman–Crippen LogP) is 4.30. The molecule has 0 bridgehead atoms. The molecule has 1 amide bonds. The molecule has 0 saturated carbocycles. The molecule has 0 radical (unpaired) electrons. The van der Waals surface area contributed by atoms with Crippen molar-refractivity contribution in [2.75, 3.05) is 6.54 Å². The molecule has 17 heteroatoms. The average Bonchev–Trinajstić information content (AvgIpc) is 2.99. The minimum atomic E-state index is -4.99. The first kappa shape index (κ1) is 34.2. The number of benzene rings is 2. The molecule has 244 valence electrons. The number of amides is 1. The van der Waals surface area contributed by atoms with E-state index in [1.54, 1.807) is 0 Å². The Morgan fingerprint density at radius 3 is 2.22 bits per heavy atom. The number of hydrogen-bond acceptors (Lipinski definition) is 7. The number of ether oxygens (including phenoxy) is 1. The quantitative estimate of drug-likeness (QED) is 0.290. The van der Waals surface area contributed by atoms with Gasteiger partial charge in [0.15, 0.2) is 0 Å². The number of alkyl halides is 5. The number of halogens is 5. The second-order valence-electron chi connectivity index (χ2n) is 10.2. The number of sulfonamides is 2. The van der Waals surface area contributed by atoms with E-state index in [4.69, 9.17) is 0 Å². The van der Waals surface area contributed by atoms with E-state index in [0.29, 0.717) is 5.56 Å². The van der Waals surface area contributed by atoms with Crippen LogP contribution in [0.5, 0.6) is 5.75 Å². The van der Waals surface area contributed by atoms with Crippen molar-refractivity contribution in [3.63, 3.8) is 0 Å². The Morgan fingerprint density at radius 2 is 1.64 bits per heavy atom. The van der Waals surface area contributed by atoms with E-state index >= 15 is 0 Å². The smallest absolute Gasteiger partial charge is 0.406 e. The van der Waals surface area contributed by atoms with Crippen molar-refractivity contribution >= 4 is 26.0 Å². The highest BCUT2D eigenvalue weighted by atomic mass is 32.2. The third-order valence-corrected chi connectivity index (χ3v) is 10.5. The lowest BCUT2D eigenvalue weighted by Gasteiger charge is -2.37. The van der Waals surface area contributed by atoms with Crippen LogP contribution in [0.3, 0.4) is 0 Å². The van der Waals surface area contributed by atoms with Crippen LogP contribution < -0.4 is 14.8 Å². The molecule has 2 heterocycles. The van der Waals surface area contributed by atoms with Gasteiger partial charge in [-0.1, -0.05) is 31.2 Å². The van der Waals surface area contributed by atoms with E-state index < -0.39 is 67.4 Å². The van der Waals surface area contributed by atoms with Crippen LogP contribution in [0.2, 0.25) is 0 Å². The Kier molecular flexibility index (Phi) is 10.2. The standard InChI is InChI=1S/C28H29F5N4O6S2/c1-2-27(29,30)20-7-5-19(6-8-20)17-35-26(38)25-16-21(36-44(39,40)24-4-3-14-34-18-24)13-15-37(25)45(41,42)23-11-9-22(10-12-23)43-28(31,32)33/h3-12,14,18,21,25,36H,2,13,15-17H2,1H3,(H,35,38)/t21-,25-/m1/s1. The second-order valence-corrected chi connectivity index (χ2v) is 13.8. The molecular formula is C28H29F5N4O6S2. The van der Waals surface area contributed by atoms with Crippen LogP contribution in [0.1, 0.15) is 37.3 Å². The lowest BCUT2D eigenvalue weighted by Crippen LogP contribution is -2.57. The largest absolute Gasteiger partial charge is 0.573 e. The second kappa shape index (κ2) is 13.4. The van der Waals surface area contributed by atoms with Gasteiger partial charge in [0.2, 0.25) is 26.0 Å². The predicted molar refractivity (Wildman–Crippen MR) is 151 cm³/mol. The summed E-state index contributed by atoms with van der Waals surface area (Å²) in [4.78, 5) is 16.7. The maximum Gasteiger partial charge on any atom is 0.573 e. The molecule has 1 aliphatic heterocycles. The Hall–Kier alpha value is -3.67. The van der Waals surface area contributed by atoms with Gasteiger partial charge in [-0.25, -0.2) is 30.3 Å². The molecule has 0 spiro atoms. The van der Waals surface area contributed by atoms with E-state index in [1.807, 2.05) is 0 Å². The Labute approximate surface area is 256 Å². The molecule has 0 aliphatic carbocycles. The minimum absolute atomic E-state index is 0.0368. The summed E-state index contributed by atoms with van der Waals surface area (Å²) in [5.74, 6) is -4.49. The maximum absolute atomic E-state index is 14.0. The number of aromatic nitrogens is 1. The fourth-order valence-corrected chi connectivity index (χ4v) is 7.56. The van der Waals surface area contributed by atoms with E-state index in [9.17, 15) is 43.6 Å². The van der Waals surface area contributed by atoms with Crippen molar-refractivity contribution in [1.82, 2.24) is 19.3 Å². The van der Waals surface area contributed by atoms with Gasteiger partial charge in [0.1, 0.15) is 16.7 Å². The first-order valence-electron chi connectivity index (χ1n) is 13.6. The van der Waals surface area contributed by atoms with Gasteiger partial charge in [0.05, 0.1) is 4.90 Å². The zero-order chi connectivity index (χ0) is 33.0. The number of carbonyl (C=O) groups excluding carboxylic acids is 1. The topological polar surface area (TPSA) is 135 Å². The van der Waals surface area contributed by atoms with Crippen LogP contribution in [0.15, 0.2) is 82.8 Å². The van der Waals surface area contributed by atoms with Gasteiger partial charge < -0.3 is 10.1 Å². The summed E-state index contributed by atoms with van der Waals surface area (Å²) in [5, 5.41) is 2.58. The summed E-state index contributed by atoms with van der Waals surface area (Å²) < 4.78 is 126. The lowest BCUT2D eigenvalue weighted by atomic mass is 9.99. The van der Waals surface area contributed by atoms with Gasteiger partial charge in [-0.2, -0.15) is 4.31 Å². The minimum Gasteiger partial charge on any atom is -0.406 e. The SMILES string of the molecule is CCC(F)(F)c1ccc(CNC(=O)[C@H]2C[C@H](NS(=O)(=O)c3cccnc3)CCN2S(=O)(=O)c2ccc(OC(F)(F)F)cc2)cc1. The van der Waals surface area contributed by atoms with Crippen molar-refractivity contribution < 1.29 is 48.3 Å². The summed E-state index contributed by atoms with van der Waals surface area (Å²) in [6.45, 7) is 0.867. The van der Waals surface area contributed by atoms with Crippen molar-refractivity contribution in [3.8, 4) is 5.75 Å². The van der Waals surface area contributed by atoms with Gasteiger partial charge in [0.25, 0.3) is 5.92 Å². The molecule has 2 atom stereocenters. The Balaban J connectivity index is 1.57. The van der Waals surface area contributed by atoms with Crippen molar-refractivity contribution in [1.29, 1.82) is 0 Å².